The van der Waals surface area contributed by atoms with Crippen LogP contribution in [0.2, 0.25) is 0 Å². The second-order valence-corrected chi connectivity index (χ2v) is 5.03. The molecule has 0 radical (unpaired) electrons. The van der Waals surface area contributed by atoms with Gasteiger partial charge in [0.1, 0.15) is 6.33 Å². The highest BCUT2D eigenvalue weighted by molar-refractivity contribution is 5.70. The van der Waals surface area contributed by atoms with Crippen LogP contribution in [0.3, 0.4) is 0 Å². The van der Waals surface area contributed by atoms with E-state index < -0.39 is 0 Å². The monoisotopic (exact) mass is 287 g/mol. The molecule has 0 unspecified atom stereocenters. The van der Waals surface area contributed by atoms with Crippen LogP contribution >= 0.6 is 0 Å². The molecule has 1 N–H and O–H groups in total. The molecule has 1 aromatic heterocycles. The van der Waals surface area contributed by atoms with E-state index in [9.17, 15) is 0 Å². The Morgan fingerprint density at radius 2 is 1.67 bits per heavy atom. The Hall–Kier alpha value is -2.14. The Kier molecular flexibility index (Phi) is 5.11. The third-order valence-corrected chi connectivity index (χ3v) is 3.18. The molecule has 0 aliphatic heterocycles. The van der Waals surface area contributed by atoms with Crippen LogP contribution in [0.5, 0.6) is 11.5 Å². The summed E-state index contributed by atoms with van der Waals surface area (Å²) in [6.45, 7) is 4.97. The van der Waals surface area contributed by atoms with Gasteiger partial charge in [-0.15, -0.1) is 0 Å². The predicted octanol–water partition coefficient (Wildman–Crippen LogP) is 2.66. The molecule has 0 spiro atoms. The molecule has 0 amide bonds. The Balaban J connectivity index is 2.48. The summed E-state index contributed by atoms with van der Waals surface area (Å²) in [6, 6.07) is 4.36. The first kappa shape index (κ1) is 15.3. The average Bonchev–Trinajstić information content (AvgIpc) is 2.52. The maximum Gasteiger partial charge on any atom is 0.161 e. The maximum absolute atomic E-state index is 5.39. The van der Waals surface area contributed by atoms with E-state index in [1.807, 2.05) is 12.1 Å². The molecule has 5 nitrogen and oxygen atoms in total. The van der Waals surface area contributed by atoms with Gasteiger partial charge in [-0.05, 0) is 23.3 Å². The molecule has 0 aliphatic carbocycles. The molecule has 0 atom stereocenters. The molecule has 21 heavy (non-hydrogen) atoms. The zero-order valence-corrected chi connectivity index (χ0v) is 12.9. The highest BCUT2D eigenvalue weighted by Gasteiger charge is 2.13. The first-order chi connectivity index (χ1) is 10.2. The maximum atomic E-state index is 5.39. The fourth-order valence-electron chi connectivity index (χ4n) is 2.09. The van der Waals surface area contributed by atoms with Gasteiger partial charge in [-0.1, -0.05) is 13.8 Å². The second kappa shape index (κ2) is 7.04. The largest absolute Gasteiger partial charge is 0.493 e. The first-order valence-corrected chi connectivity index (χ1v) is 6.89. The number of ether oxygens (including phenoxy) is 2. The van der Waals surface area contributed by atoms with Crippen LogP contribution in [-0.4, -0.2) is 30.2 Å². The fourth-order valence-corrected chi connectivity index (χ4v) is 2.09. The Morgan fingerprint density at radius 1 is 1.05 bits per heavy atom. The second-order valence-electron chi connectivity index (χ2n) is 5.03. The van der Waals surface area contributed by atoms with Crippen molar-refractivity contribution in [1.82, 2.24) is 15.3 Å². The number of hydrogen-bond acceptors (Lipinski definition) is 5. The van der Waals surface area contributed by atoms with Crippen LogP contribution in [0.4, 0.5) is 0 Å². The minimum Gasteiger partial charge on any atom is -0.493 e. The molecule has 0 aliphatic rings. The van der Waals surface area contributed by atoms with E-state index in [0.717, 1.165) is 29.0 Å². The molecule has 5 heteroatoms. The van der Waals surface area contributed by atoms with E-state index in [2.05, 4.69) is 29.1 Å². The highest BCUT2D eigenvalue weighted by Crippen LogP contribution is 2.35. The zero-order chi connectivity index (χ0) is 15.2. The first-order valence-electron chi connectivity index (χ1n) is 6.89. The molecular formula is C16H21N3O2. The lowest BCUT2D eigenvalue weighted by atomic mass is 10.0. The van der Waals surface area contributed by atoms with Gasteiger partial charge in [0, 0.05) is 30.5 Å². The lowest BCUT2D eigenvalue weighted by molar-refractivity contribution is 0.354. The van der Waals surface area contributed by atoms with E-state index >= 15 is 0 Å². The van der Waals surface area contributed by atoms with Crippen molar-refractivity contribution in [2.45, 2.75) is 26.4 Å². The zero-order valence-electron chi connectivity index (χ0n) is 12.9. The van der Waals surface area contributed by atoms with Crippen molar-refractivity contribution in [1.29, 1.82) is 0 Å². The Bertz CT molecular complexity index is 586. The van der Waals surface area contributed by atoms with Gasteiger partial charge in [-0.2, -0.15) is 0 Å². The summed E-state index contributed by atoms with van der Waals surface area (Å²) in [4.78, 5) is 8.18. The molecule has 2 rings (SSSR count). The molecule has 112 valence electrons. The number of nitrogens with zero attached hydrogens (tertiary/aromatic N) is 2. The minimum atomic E-state index is 0.401. The third-order valence-electron chi connectivity index (χ3n) is 3.18. The molecule has 2 aromatic rings. The van der Waals surface area contributed by atoms with Crippen molar-refractivity contribution in [2.24, 2.45) is 0 Å². The minimum absolute atomic E-state index is 0.401. The summed E-state index contributed by atoms with van der Waals surface area (Å²) in [6.07, 6.45) is 5.12. The summed E-state index contributed by atoms with van der Waals surface area (Å²) in [5.41, 5.74) is 3.12. The SMILES string of the molecule is COc1cc(CNC(C)C)c(-c2cncnc2)cc1OC. The van der Waals surface area contributed by atoms with Crippen molar-refractivity contribution in [2.75, 3.05) is 14.2 Å². The van der Waals surface area contributed by atoms with E-state index in [0.29, 0.717) is 11.8 Å². The van der Waals surface area contributed by atoms with Crippen LogP contribution < -0.4 is 14.8 Å². The average molecular weight is 287 g/mol. The highest BCUT2D eigenvalue weighted by atomic mass is 16.5. The third kappa shape index (κ3) is 3.70. The number of benzene rings is 1. The van der Waals surface area contributed by atoms with Gasteiger partial charge in [0.2, 0.25) is 0 Å². The summed E-state index contributed by atoms with van der Waals surface area (Å²) >= 11 is 0. The van der Waals surface area contributed by atoms with Crippen molar-refractivity contribution < 1.29 is 9.47 Å². The van der Waals surface area contributed by atoms with Gasteiger partial charge in [0.05, 0.1) is 14.2 Å². The Labute approximate surface area is 125 Å². The van der Waals surface area contributed by atoms with E-state index in [1.54, 1.807) is 26.6 Å². The number of nitrogens with one attached hydrogen (secondary N) is 1. The molecule has 0 bridgehead atoms. The molecule has 1 aromatic carbocycles. The molecule has 1 heterocycles. The van der Waals surface area contributed by atoms with Gasteiger partial charge in [-0.25, -0.2) is 9.97 Å². The van der Waals surface area contributed by atoms with Gasteiger partial charge in [0.25, 0.3) is 0 Å². The number of methoxy groups -OCH3 is 2. The lowest BCUT2D eigenvalue weighted by Gasteiger charge is -2.16. The fraction of sp³-hybridized carbons (Fsp3) is 0.375. The quantitative estimate of drug-likeness (QED) is 0.885. The van der Waals surface area contributed by atoms with Gasteiger partial charge >= 0.3 is 0 Å². The predicted molar refractivity (Wildman–Crippen MR) is 82.5 cm³/mol. The van der Waals surface area contributed by atoms with Crippen LogP contribution in [-0.2, 0) is 6.54 Å². The number of rotatable bonds is 6. The van der Waals surface area contributed by atoms with Gasteiger partial charge < -0.3 is 14.8 Å². The van der Waals surface area contributed by atoms with Gasteiger partial charge in [-0.3, -0.25) is 0 Å². The van der Waals surface area contributed by atoms with E-state index in [1.165, 1.54) is 6.33 Å². The molecule has 0 fully saturated rings. The molecule has 0 saturated carbocycles. The van der Waals surface area contributed by atoms with Crippen LogP contribution in [0.15, 0.2) is 30.9 Å². The summed E-state index contributed by atoms with van der Waals surface area (Å²) in [5.74, 6) is 1.42. The van der Waals surface area contributed by atoms with Crippen molar-refractivity contribution in [3.05, 3.63) is 36.4 Å². The normalized spacial score (nSPS) is 10.7. The standard InChI is InChI=1S/C16H21N3O2/c1-11(2)19-9-12-5-15(20-3)16(21-4)6-14(12)13-7-17-10-18-8-13/h5-8,10-11,19H,9H2,1-4H3. The topological polar surface area (TPSA) is 56.3 Å². The van der Waals surface area contributed by atoms with Crippen LogP contribution in [0.25, 0.3) is 11.1 Å². The van der Waals surface area contributed by atoms with Crippen LogP contribution in [0.1, 0.15) is 19.4 Å². The van der Waals surface area contributed by atoms with Crippen molar-refractivity contribution in [3.8, 4) is 22.6 Å². The van der Waals surface area contributed by atoms with Crippen molar-refractivity contribution in [3.63, 3.8) is 0 Å². The smallest absolute Gasteiger partial charge is 0.161 e. The van der Waals surface area contributed by atoms with Crippen molar-refractivity contribution >= 4 is 0 Å². The molecule has 0 saturated heterocycles. The number of hydrogen-bond donors (Lipinski definition) is 1. The molecular weight excluding hydrogens is 266 g/mol. The summed E-state index contributed by atoms with van der Waals surface area (Å²) in [5, 5.41) is 3.42. The lowest BCUT2D eigenvalue weighted by Crippen LogP contribution is -2.22. The number of aromatic nitrogens is 2. The summed E-state index contributed by atoms with van der Waals surface area (Å²) < 4.78 is 10.8. The Morgan fingerprint density at radius 3 is 2.24 bits per heavy atom. The van der Waals surface area contributed by atoms with E-state index in [-0.39, 0.29) is 0 Å². The van der Waals surface area contributed by atoms with Crippen LogP contribution in [0, 0.1) is 0 Å². The summed E-state index contributed by atoms with van der Waals surface area (Å²) in [7, 11) is 3.28. The van der Waals surface area contributed by atoms with Gasteiger partial charge in [0.15, 0.2) is 11.5 Å². The van der Waals surface area contributed by atoms with E-state index in [4.69, 9.17) is 9.47 Å².